The molecule has 134 valence electrons. The Hall–Kier alpha value is -2.44. The molecule has 25 heavy (non-hydrogen) atoms. The third-order valence-corrected chi connectivity index (χ3v) is 4.73. The van der Waals surface area contributed by atoms with Crippen LogP contribution in [0.1, 0.15) is 47.9 Å². The number of hydrogen-bond acceptors (Lipinski definition) is 4. The highest BCUT2D eigenvalue weighted by Gasteiger charge is 2.25. The Bertz CT molecular complexity index is 820. The molecule has 1 N–H and O–H groups in total. The van der Waals surface area contributed by atoms with Crippen LogP contribution < -0.4 is 5.32 Å². The van der Waals surface area contributed by atoms with E-state index in [1.165, 1.54) is 6.42 Å². The van der Waals surface area contributed by atoms with Gasteiger partial charge in [0.15, 0.2) is 5.65 Å². The number of piperidine rings is 1. The van der Waals surface area contributed by atoms with E-state index in [2.05, 4.69) is 15.4 Å². The zero-order valence-electron chi connectivity index (χ0n) is 15.3. The minimum atomic E-state index is -0.550. The monoisotopic (exact) mass is 343 g/mol. The molecule has 0 spiro atoms. The van der Waals surface area contributed by atoms with Gasteiger partial charge in [-0.2, -0.15) is 5.10 Å². The summed E-state index contributed by atoms with van der Waals surface area (Å²) in [5.74, 6) is -0.276. The van der Waals surface area contributed by atoms with Gasteiger partial charge in [-0.15, -0.1) is 0 Å². The molecule has 1 saturated heterocycles. The first-order valence-corrected chi connectivity index (χ1v) is 8.79. The van der Waals surface area contributed by atoms with Gasteiger partial charge in [-0.3, -0.25) is 14.3 Å². The number of carbonyl (C=O) groups excluding carboxylic acids is 2. The highest BCUT2D eigenvalue weighted by Crippen LogP contribution is 2.21. The summed E-state index contributed by atoms with van der Waals surface area (Å²) in [5, 5.41) is 7.95. The predicted molar refractivity (Wildman–Crippen MR) is 95.3 cm³/mol. The Labute approximate surface area is 147 Å². The summed E-state index contributed by atoms with van der Waals surface area (Å²) in [5.41, 5.74) is 2.70. The minimum Gasteiger partial charge on any atom is -0.341 e. The van der Waals surface area contributed by atoms with Crippen LogP contribution >= 0.6 is 0 Å². The fraction of sp³-hybridized carbons (Fsp3) is 0.556. The van der Waals surface area contributed by atoms with Crippen LogP contribution in [0, 0.1) is 13.8 Å². The highest BCUT2D eigenvalue weighted by molar-refractivity contribution is 6.07. The molecule has 1 fully saturated rings. The topological polar surface area (TPSA) is 80.1 Å². The smallest absolute Gasteiger partial charge is 0.252 e. The van der Waals surface area contributed by atoms with E-state index in [0.29, 0.717) is 11.2 Å². The number of likely N-dealkylation sites (tertiary alicyclic amines) is 1. The third kappa shape index (κ3) is 3.36. The molecule has 7 heteroatoms. The number of pyridine rings is 1. The van der Waals surface area contributed by atoms with Crippen LogP contribution in [-0.2, 0) is 11.8 Å². The van der Waals surface area contributed by atoms with Gasteiger partial charge in [0.05, 0.1) is 16.6 Å². The van der Waals surface area contributed by atoms with E-state index in [-0.39, 0.29) is 11.8 Å². The molecule has 0 saturated carbocycles. The molecule has 7 nitrogen and oxygen atoms in total. The van der Waals surface area contributed by atoms with Gasteiger partial charge in [-0.1, -0.05) is 0 Å². The molecule has 2 amide bonds. The van der Waals surface area contributed by atoms with Crippen LogP contribution in [0.5, 0.6) is 0 Å². The van der Waals surface area contributed by atoms with Crippen molar-refractivity contribution in [2.24, 2.45) is 7.05 Å². The molecule has 0 radical (unpaired) electrons. The first-order valence-electron chi connectivity index (χ1n) is 8.79. The number of carbonyl (C=O) groups is 2. The molecule has 2 aromatic rings. The van der Waals surface area contributed by atoms with Crippen molar-refractivity contribution in [2.75, 3.05) is 13.1 Å². The van der Waals surface area contributed by atoms with Crippen molar-refractivity contribution in [1.29, 1.82) is 0 Å². The van der Waals surface area contributed by atoms with E-state index < -0.39 is 6.04 Å². The van der Waals surface area contributed by atoms with E-state index in [0.717, 1.165) is 42.7 Å². The summed E-state index contributed by atoms with van der Waals surface area (Å²) < 4.78 is 1.68. The predicted octanol–water partition coefficient (Wildman–Crippen LogP) is 1.72. The van der Waals surface area contributed by atoms with Crippen LogP contribution in [0.4, 0.5) is 0 Å². The molecule has 3 heterocycles. The van der Waals surface area contributed by atoms with Crippen LogP contribution in [0.3, 0.4) is 0 Å². The SMILES string of the molecule is Cc1cc(C(=O)NC(C)C(=O)N2CCCCC2)c2c(C)nn(C)c2n1. The number of fused-ring (bicyclic) bond motifs is 1. The summed E-state index contributed by atoms with van der Waals surface area (Å²) in [4.78, 5) is 31.7. The molecule has 3 rings (SSSR count). The number of nitrogens with one attached hydrogen (secondary N) is 1. The number of rotatable bonds is 3. The first kappa shape index (κ1) is 17.4. The van der Waals surface area contributed by atoms with Crippen molar-refractivity contribution >= 4 is 22.8 Å². The number of nitrogens with zero attached hydrogens (tertiary/aromatic N) is 4. The van der Waals surface area contributed by atoms with E-state index in [9.17, 15) is 9.59 Å². The van der Waals surface area contributed by atoms with E-state index in [1.54, 1.807) is 17.7 Å². The maximum atomic E-state index is 12.8. The van der Waals surface area contributed by atoms with Crippen molar-refractivity contribution in [2.45, 2.75) is 46.1 Å². The second-order valence-corrected chi connectivity index (χ2v) is 6.80. The zero-order valence-corrected chi connectivity index (χ0v) is 15.3. The Morgan fingerprint density at radius 3 is 2.56 bits per heavy atom. The molecule has 1 aliphatic rings. The Kier molecular flexibility index (Phi) is 4.74. The van der Waals surface area contributed by atoms with Crippen molar-refractivity contribution in [3.8, 4) is 0 Å². The average Bonchev–Trinajstić information content (AvgIpc) is 2.88. The number of amides is 2. The summed E-state index contributed by atoms with van der Waals surface area (Å²) in [6.07, 6.45) is 3.23. The molecular weight excluding hydrogens is 318 g/mol. The molecule has 1 atom stereocenters. The average molecular weight is 343 g/mol. The third-order valence-electron chi connectivity index (χ3n) is 4.73. The van der Waals surface area contributed by atoms with Gasteiger partial charge in [0.25, 0.3) is 5.91 Å². The Morgan fingerprint density at radius 1 is 1.20 bits per heavy atom. The van der Waals surface area contributed by atoms with Gasteiger partial charge < -0.3 is 10.2 Å². The van der Waals surface area contributed by atoms with Crippen LogP contribution in [0.25, 0.3) is 11.0 Å². The zero-order chi connectivity index (χ0) is 18.1. The fourth-order valence-electron chi connectivity index (χ4n) is 3.47. The van der Waals surface area contributed by atoms with Crippen molar-refractivity contribution < 1.29 is 9.59 Å². The summed E-state index contributed by atoms with van der Waals surface area (Å²) in [7, 11) is 1.81. The minimum absolute atomic E-state index is 0.0158. The van der Waals surface area contributed by atoms with Crippen LogP contribution in [-0.4, -0.2) is 50.6 Å². The van der Waals surface area contributed by atoms with Gasteiger partial charge >= 0.3 is 0 Å². The quantitative estimate of drug-likeness (QED) is 0.920. The van der Waals surface area contributed by atoms with Crippen molar-refractivity contribution in [1.82, 2.24) is 25.0 Å². The summed E-state index contributed by atoms with van der Waals surface area (Å²) >= 11 is 0. The second-order valence-electron chi connectivity index (χ2n) is 6.80. The lowest BCUT2D eigenvalue weighted by Crippen LogP contribution is -2.48. The van der Waals surface area contributed by atoms with Gasteiger partial charge in [0.2, 0.25) is 5.91 Å². The fourth-order valence-corrected chi connectivity index (χ4v) is 3.47. The highest BCUT2D eigenvalue weighted by atomic mass is 16.2. The first-order chi connectivity index (χ1) is 11.9. The maximum Gasteiger partial charge on any atom is 0.252 e. The Morgan fingerprint density at radius 2 is 1.88 bits per heavy atom. The van der Waals surface area contributed by atoms with Gasteiger partial charge in [0.1, 0.15) is 6.04 Å². The normalized spacial score (nSPS) is 16.1. The van der Waals surface area contributed by atoms with Crippen LogP contribution in [0.15, 0.2) is 6.07 Å². The second kappa shape index (κ2) is 6.82. The molecule has 1 aliphatic heterocycles. The number of aromatic nitrogens is 3. The van der Waals surface area contributed by atoms with Crippen molar-refractivity contribution in [3.05, 3.63) is 23.0 Å². The van der Waals surface area contributed by atoms with Gasteiger partial charge in [-0.05, 0) is 46.1 Å². The molecular formula is C18H25N5O2. The number of aryl methyl sites for hydroxylation is 3. The maximum absolute atomic E-state index is 12.8. The van der Waals surface area contributed by atoms with Crippen LogP contribution in [0.2, 0.25) is 0 Å². The van der Waals surface area contributed by atoms with Crippen molar-refractivity contribution in [3.63, 3.8) is 0 Å². The standard InChI is InChI=1S/C18H25N5O2/c1-11-10-14(15-12(2)21-22(4)16(15)19-11)17(24)20-13(3)18(25)23-8-6-5-7-9-23/h10,13H,5-9H2,1-4H3,(H,20,24). The molecule has 0 aromatic carbocycles. The molecule has 2 aromatic heterocycles. The summed E-state index contributed by atoms with van der Waals surface area (Å²) in [6.45, 7) is 7.01. The molecule has 0 aliphatic carbocycles. The largest absolute Gasteiger partial charge is 0.341 e. The Balaban J connectivity index is 1.83. The molecule has 1 unspecified atom stereocenters. The van der Waals surface area contributed by atoms with Gasteiger partial charge in [0, 0.05) is 25.8 Å². The van der Waals surface area contributed by atoms with E-state index in [4.69, 9.17) is 0 Å². The van der Waals surface area contributed by atoms with Gasteiger partial charge in [-0.25, -0.2) is 4.98 Å². The number of hydrogen-bond donors (Lipinski definition) is 1. The lowest BCUT2D eigenvalue weighted by molar-refractivity contribution is -0.133. The lowest BCUT2D eigenvalue weighted by atomic mass is 10.1. The lowest BCUT2D eigenvalue weighted by Gasteiger charge is -2.29. The summed E-state index contributed by atoms with van der Waals surface area (Å²) in [6, 6.07) is 1.20. The van der Waals surface area contributed by atoms with E-state index in [1.807, 2.05) is 25.8 Å². The van der Waals surface area contributed by atoms with E-state index >= 15 is 0 Å². The molecule has 0 bridgehead atoms.